The SMILES string of the molecule is Cc1noc(C)c1-c1ccc2c(c1)nc(C1CCCC(=O)N1c1ccc(F)c(F)c1)n2C1CC2C(C1)C2(F)F. The van der Waals surface area contributed by atoms with Crippen molar-refractivity contribution in [1.29, 1.82) is 0 Å². The van der Waals surface area contributed by atoms with Gasteiger partial charge in [-0.05, 0) is 69.4 Å². The molecule has 7 rings (SSSR count). The molecule has 1 aliphatic heterocycles. The van der Waals surface area contributed by atoms with E-state index in [2.05, 4.69) is 5.16 Å². The molecule has 3 fully saturated rings. The number of anilines is 1. The minimum atomic E-state index is -2.62. The lowest BCUT2D eigenvalue weighted by molar-refractivity contribution is -0.120. The largest absolute Gasteiger partial charge is 0.361 e. The van der Waals surface area contributed by atoms with Crippen LogP contribution in [0.5, 0.6) is 0 Å². The molecule has 2 saturated carbocycles. The standard InChI is InChI=1S/C29H26F4N4O2/c1-14-27(15(2)39-35-14)16-6-9-24-23(10-16)34-28(37(24)18-11-19-20(12-18)29(19,32)33)25-4-3-5-26(38)36(25)17-7-8-21(30)22(31)13-17/h6-10,13,18-20,25H,3-5,11-12H2,1-2H3. The highest BCUT2D eigenvalue weighted by molar-refractivity contribution is 5.95. The quantitative estimate of drug-likeness (QED) is 0.261. The summed E-state index contributed by atoms with van der Waals surface area (Å²) in [4.78, 5) is 19.7. The smallest absolute Gasteiger partial charge is 0.254 e. The molecular formula is C29H26F4N4O2. The molecule has 3 atom stereocenters. The van der Waals surface area contributed by atoms with E-state index in [-0.39, 0.29) is 24.1 Å². The number of alkyl halides is 2. The molecule has 2 aromatic heterocycles. The van der Waals surface area contributed by atoms with Crippen LogP contribution in [-0.2, 0) is 4.79 Å². The molecule has 1 amide bonds. The molecule has 0 bridgehead atoms. The molecule has 4 aromatic rings. The Bertz CT molecular complexity index is 1610. The van der Waals surface area contributed by atoms with Gasteiger partial charge < -0.3 is 14.0 Å². The van der Waals surface area contributed by atoms with Crippen molar-refractivity contribution in [3.05, 3.63) is 65.3 Å². The van der Waals surface area contributed by atoms with Gasteiger partial charge in [-0.1, -0.05) is 11.2 Å². The van der Waals surface area contributed by atoms with E-state index >= 15 is 0 Å². The van der Waals surface area contributed by atoms with Gasteiger partial charge in [-0.2, -0.15) is 0 Å². The van der Waals surface area contributed by atoms with Crippen molar-refractivity contribution >= 4 is 22.6 Å². The van der Waals surface area contributed by atoms with Crippen molar-refractivity contribution in [3.8, 4) is 11.1 Å². The molecule has 0 radical (unpaired) electrons. The van der Waals surface area contributed by atoms with E-state index in [1.54, 1.807) is 0 Å². The van der Waals surface area contributed by atoms with Gasteiger partial charge in [0.1, 0.15) is 11.6 Å². The number of aryl methyl sites for hydroxylation is 2. The van der Waals surface area contributed by atoms with Gasteiger partial charge in [-0.3, -0.25) is 4.79 Å². The zero-order chi connectivity index (χ0) is 27.2. The van der Waals surface area contributed by atoms with Crippen LogP contribution in [0.4, 0.5) is 23.2 Å². The molecule has 1 saturated heterocycles. The van der Waals surface area contributed by atoms with E-state index in [0.717, 1.165) is 34.5 Å². The lowest BCUT2D eigenvalue weighted by atomic mass is 9.99. The summed E-state index contributed by atoms with van der Waals surface area (Å²) in [6, 6.07) is 8.48. The van der Waals surface area contributed by atoms with Crippen LogP contribution in [-0.4, -0.2) is 26.5 Å². The van der Waals surface area contributed by atoms with Crippen molar-refractivity contribution in [2.24, 2.45) is 11.8 Å². The number of hydrogen-bond acceptors (Lipinski definition) is 4. The van der Waals surface area contributed by atoms with E-state index in [1.807, 2.05) is 36.6 Å². The van der Waals surface area contributed by atoms with Crippen LogP contribution >= 0.6 is 0 Å². The van der Waals surface area contributed by atoms with E-state index in [0.29, 0.717) is 42.8 Å². The van der Waals surface area contributed by atoms with Gasteiger partial charge >= 0.3 is 0 Å². The second-order valence-electron chi connectivity index (χ2n) is 11.0. The molecule has 6 nitrogen and oxygen atoms in total. The third-order valence-electron chi connectivity index (χ3n) is 8.75. The summed E-state index contributed by atoms with van der Waals surface area (Å²) in [5.74, 6) is -4.92. The molecule has 0 N–H and O–H groups in total. The monoisotopic (exact) mass is 538 g/mol. The first-order valence-corrected chi connectivity index (χ1v) is 13.2. The lowest BCUT2D eigenvalue weighted by Gasteiger charge is -2.36. The maximum atomic E-state index is 14.2. The van der Waals surface area contributed by atoms with Crippen molar-refractivity contribution < 1.29 is 26.9 Å². The van der Waals surface area contributed by atoms with Gasteiger partial charge in [-0.25, -0.2) is 22.5 Å². The van der Waals surface area contributed by atoms with Crippen LogP contribution in [0.15, 0.2) is 40.9 Å². The van der Waals surface area contributed by atoms with Crippen molar-refractivity contribution in [3.63, 3.8) is 0 Å². The minimum Gasteiger partial charge on any atom is -0.361 e. The van der Waals surface area contributed by atoms with Crippen molar-refractivity contribution in [2.75, 3.05) is 4.90 Å². The molecule has 202 valence electrons. The number of hydrogen-bond donors (Lipinski definition) is 0. The maximum absolute atomic E-state index is 14.2. The van der Waals surface area contributed by atoms with E-state index in [9.17, 15) is 22.4 Å². The normalized spacial score (nSPS) is 25.9. The Labute approximate surface area is 221 Å². The molecule has 10 heteroatoms. The summed E-state index contributed by atoms with van der Waals surface area (Å²) in [5.41, 5.74) is 4.18. The van der Waals surface area contributed by atoms with Crippen LogP contribution < -0.4 is 4.90 Å². The Morgan fingerprint density at radius 3 is 2.49 bits per heavy atom. The van der Waals surface area contributed by atoms with Gasteiger partial charge in [0.15, 0.2) is 11.6 Å². The molecule has 3 unspecified atom stereocenters. The van der Waals surface area contributed by atoms with Crippen LogP contribution in [0.1, 0.15) is 61.5 Å². The second-order valence-corrected chi connectivity index (χ2v) is 11.0. The molecule has 3 heterocycles. The number of aromatic nitrogens is 3. The highest BCUT2D eigenvalue weighted by Crippen LogP contribution is 2.67. The van der Waals surface area contributed by atoms with Gasteiger partial charge in [0.2, 0.25) is 5.91 Å². The predicted molar refractivity (Wildman–Crippen MR) is 135 cm³/mol. The number of fused-ring (bicyclic) bond motifs is 2. The number of imidazole rings is 1. The summed E-state index contributed by atoms with van der Waals surface area (Å²) in [5, 5.41) is 4.05. The Morgan fingerprint density at radius 2 is 1.79 bits per heavy atom. The predicted octanol–water partition coefficient (Wildman–Crippen LogP) is 7.06. The topological polar surface area (TPSA) is 64.2 Å². The van der Waals surface area contributed by atoms with Crippen LogP contribution in [0.2, 0.25) is 0 Å². The summed E-state index contributed by atoms with van der Waals surface area (Å²) in [6.45, 7) is 3.69. The summed E-state index contributed by atoms with van der Waals surface area (Å²) in [7, 11) is 0. The number of carbonyl (C=O) groups is 1. The summed E-state index contributed by atoms with van der Waals surface area (Å²) in [6.07, 6.45) is 2.08. The first kappa shape index (κ1) is 24.4. The average molecular weight is 539 g/mol. The van der Waals surface area contributed by atoms with Gasteiger partial charge in [-0.15, -0.1) is 0 Å². The van der Waals surface area contributed by atoms with Crippen LogP contribution in [0.25, 0.3) is 22.2 Å². The zero-order valence-corrected chi connectivity index (χ0v) is 21.4. The second kappa shape index (κ2) is 8.40. The third kappa shape index (κ3) is 3.63. The Hall–Kier alpha value is -3.69. The molecular weight excluding hydrogens is 512 g/mol. The van der Waals surface area contributed by atoms with Gasteiger partial charge in [0, 0.05) is 41.6 Å². The maximum Gasteiger partial charge on any atom is 0.254 e. The number of carbonyl (C=O) groups excluding carboxylic acids is 1. The van der Waals surface area contributed by atoms with E-state index < -0.39 is 35.4 Å². The van der Waals surface area contributed by atoms with E-state index in [1.165, 1.54) is 11.0 Å². The first-order chi connectivity index (χ1) is 18.6. The highest BCUT2D eigenvalue weighted by Gasteiger charge is 2.71. The Kier molecular flexibility index (Phi) is 5.25. The molecule has 39 heavy (non-hydrogen) atoms. The minimum absolute atomic E-state index is 0.201. The van der Waals surface area contributed by atoms with Crippen LogP contribution in [0, 0.1) is 37.3 Å². The highest BCUT2D eigenvalue weighted by atomic mass is 19.3. The number of rotatable bonds is 4. The first-order valence-electron chi connectivity index (χ1n) is 13.2. The number of amides is 1. The number of halogens is 4. The fourth-order valence-electron chi connectivity index (χ4n) is 6.86. The molecule has 2 aromatic carbocycles. The van der Waals surface area contributed by atoms with Crippen molar-refractivity contribution in [1.82, 2.24) is 14.7 Å². The fraction of sp³-hybridized carbons (Fsp3) is 0.414. The molecule has 3 aliphatic rings. The zero-order valence-electron chi connectivity index (χ0n) is 21.4. The summed E-state index contributed by atoms with van der Waals surface area (Å²) < 4.78 is 63.7. The van der Waals surface area contributed by atoms with Gasteiger partial charge in [0.05, 0.1) is 22.8 Å². The Balaban J connectivity index is 1.38. The van der Waals surface area contributed by atoms with E-state index in [4.69, 9.17) is 9.51 Å². The third-order valence-corrected chi connectivity index (χ3v) is 8.75. The summed E-state index contributed by atoms with van der Waals surface area (Å²) >= 11 is 0. The number of piperidine rings is 1. The molecule has 2 aliphatic carbocycles. The van der Waals surface area contributed by atoms with Crippen molar-refractivity contribution in [2.45, 2.75) is 64.0 Å². The number of benzene rings is 2. The average Bonchev–Trinajstić information content (AvgIpc) is 3.38. The van der Waals surface area contributed by atoms with Gasteiger partial charge in [0.25, 0.3) is 5.92 Å². The van der Waals surface area contributed by atoms with Crippen LogP contribution in [0.3, 0.4) is 0 Å². The number of nitrogens with zero attached hydrogens (tertiary/aromatic N) is 4. The Morgan fingerprint density at radius 1 is 1.03 bits per heavy atom. The fourth-order valence-corrected chi connectivity index (χ4v) is 6.86. The lowest BCUT2D eigenvalue weighted by Crippen LogP contribution is -2.40. The molecule has 0 spiro atoms.